The second kappa shape index (κ2) is 5.81. The lowest BCUT2D eigenvalue weighted by molar-refractivity contribution is 0.0988. The molecule has 3 rings (SSSR count). The molecule has 2 aromatic carbocycles. The molecule has 0 atom stereocenters. The molecule has 4 nitrogen and oxygen atoms in total. The maximum Gasteiger partial charge on any atom is 0.258 e. The fourth-order valence-corrected chi connectivity index (χ4v) is 2.64. The molecule has 0 radical (unpaired) electrons. The summed E-state index contributed by atoms with van der Waals surface area (Å²) in [6.07, 6.45) is 1.76. The number of nitrogens with two attached hydrogens (primary N) is 1. The van der Waals surface area contributed by atoms with E-state index >= 15 is 0 Å². The second-order valence-electron chi connectivity index (χ2n) is 5.27. The zero-order valence-corrected chi connectivity index (χ0v) is 13.0. The molecule has 0 saturated heterocycles. The first-order valence-corrected chi connectivity index (χ1v) is 7.41. The van der Waals surface area contributed by atoms with Crippen LogP contribution in [0.2, 0.25) is 5.02 Å². The van der Waals surface area contributed by atoms with Crippen molar-refractivity contribution in [3.8, 4) is 0 Å². The summed E-state index contributed by atoms with van der Waals surface area (Å²) in [7, 11) is 0. The number of benzodiazepines with no additional fused rings is 1. The minimum atomic E-state index is -0.0848. The van der Waals surface area contributed by atoms with Gasteiger partial charge < -0.3 is 10.6 Å². The summed E-state index contributed by atoms with van der Waals surface area (Å²) in [6.45, 7) is 2.99. The predicted molar refractivity (Wildman–Crippen MR) is 91.2 cm³/mol. The molecule has 0 saturated carbocycles. The highest BCUT2D eigenvalue weighted by atomic mass is 35.5. The zero-order valence-electron chi connectivity index (χ0n) is 12.2. The molecule has 1 amide bonds. The molecule has 0 unspecified atom stereocenters. The van der Waals surface area contributed by atoms with Gasteiger partial charge >= 0.3 is 0 Å². The van der Waals surface area contributed by atoms with Crippen molar-refractivity contribution in [1.82, 2.24) is 0 Å². The number of nitrogens with zero attached hydrogens (tertiary/aromatic N) is 2. The van der Waals surface area contributed by atoms with Gasteiger partial charge in [-0.1, -0.05) is 17.7 Å². The van der Waals surface area contributed by atoms with Crippen LogP contribution in [0.25, 0.3) is 0 Å². The summed E-state index contributed by atoms with van der Waals surface area (Å²) in [5.41, 5.74) is 9.66. The van der Waals surface area contributed by atoms with Gasteiger partial charge in [-0.2, -0.15) is 0 Å². The highest BCUT2D eigenvalue weighted by Gasteiger charge is 2.21. The molecule has 2 N–H and O–H groups in total. The van der Waals surface area contributed by atoms with Crippen molar-refractivity contribution in [3.63, 3.8) is 0 Å². The van der Waals surface area contributed by atoms with Crippen LogP contribution < -0.4 is 10.6 Å². The second-order valence-corrected chi connectivity index (χ2v) is 5.68. The van der Waals surface area contributed by atoms with Crippen LogP contribution in [0.1, 0.15) is 21.5 Å². The Bertz CT molecular complexity index is 770. The third kappa shape index (κ3) is 2.70. The molecule has 0 fully saturated rings. The number of aliphatic imine (C=N–C) groups is 1. The van der Waals surface area contributed by atoms with Crippen molar-refractivity contribution in [3.05, 3.63) is 58.1 Å². The topological polar surface area (TPSA) is 58.7 Å². The van der Waals surface area contributed by atoms with E-state index in [1.165, 1.54) is 0 Å². The first kappa shape index (κ1) is 14.6. The van der Waals surface area contributed by atoms with Gasteiger partial charge in [0.05, 0.1) is 12.2 Å². The normalized spacial score (nSPS) is 13.6. The molecule has 2 aromatic rings. The van der Waals surface area contributed by atoms with E-state index in [-0.39, 0.29) is 5.91 Å². The maximum absolute atomic E-state index is 12.8. The Morgan fingerprint density at radius 1 is 1.27 bits per heavy atom. The van der Waals surface area contributed by atoms with Crippen molar-refractivity contribution >= 4 is 35.1 Å². The molecular weight excluding hydrogens is 298 g/mol. The fourth-order valence-electron chi connectivity index (χ4n) is 2.46. The number of amides is 1. The van der Waals surface area contributed by atoms with Gasteiger partial charge in [0.15, 0.2) is 0 Å². The van der Waals surface area contributed by atoms with Gasteiger partial charge in [-0.15, -0.1) is 0 Å². The number of hydrogen-bond acceptors (Lipinski definition) is 3. The number of carbonyl (C=O) groups excluding carboxylic acids is 1. The van der Waals surface area contributed by atoms with E-state index in [0.717, 1.165) is 16.8 Å². The molecule has 1 aliphatic rings. The number of aryl methyl sites for hydroxylation is 1. The van der Waals surface area contributed by atoms with Gasteiger partial charge in [0.25, 0.3) is 5.91 Å². The summed E-state index contributed by atoms with van der Waals surface area (Å²) in [4.78, 5) is 18.9. The third-order valence-corrected chi connectivity index (χ3v) is 4.10. The lowest BCUT2D eigenvalue weighted by atomic mass is 10.1. The first-order chi connectivity index (χ1) is 10.6. The lowest BCUT2D eigenvalue weighted by Crippen LogP contribution is -2.33. The number of halogens is 1. The summed E-state index contributed by atoms with van der Waals surface area (Å²) in [5.74, 6) is -0.0848. The monoisotopic (exact) mass is 313 g/mol. The Hall–Kier alpha value is -2.33. The number of rotatable bonds is 1. The number of carbonyl (C=O) groups is 1. The Labute approximate surface area is 134 Å². The summed E-state index contributed by atoms with van der Waals surface area (Å²) in [5, 5.41) is 0.592. The standard InChI is InChI=1S/C17H16ClN3O/c1-11-2-3-12(9-15(11)18)17(22)21-7-6-20-10-13-8-14(19)4-5-16(13)21/h2-5,8-10H,6-7,19H2,1H3. The average Bonchev–Trinajstić information content (AvgIpc) is 2.71. The van der Waals surface area contributed by atoms with Gasteiger partial charge in [0, 0.05) is 34.6 Å². The van der Waals surface area contributed by atoms with Crippen LogP contribution in [0.3, 0.4) is 0 Å². The molecule has 1 heterocycles. The Morgan fingerprint density at radius 3 is 2.86 bits per heavy atom. The smallest absolute Gasteiger partial charge is 0.258 e. The summed E-state index contributed by atoms with van der Waals surface area (Å²) in [6, 6.07) is 10.8. The maximum atomic E-state index is 12.8. The van der Waals surface area contributed by atoms with Gasteiger partial charge in [0.2, 0.25) is 0 Å². The van der Waals surface area contributed by atoms with Gasteiger partial charge in [0.1, 0.15) is 0 Å². The Morgan fingerprint density at radius 2 is 2.09 bits per heavy atom. The van der Waals surface area contributed by atoms with Crippen LogP contribution in [0.5, 0.6) is 0 Å². The molecule has 0 aliphatic carbocycles. The molecule has 0 spiro atoms. The average molecular weight is 314 g/mol. The van der Waals surface area contributed by atoms with E-state index in [0.29, 0.717) is 29.4 Å². The minimum absolute atomic E-state index is 0.0848. The Balaban J connectivity index is 2.01. The first-order valence-electron chi connectivity index (χ1n) is 7.03. The highest BCUT2D eigenvalue weighted by Crippen LogP contribution is 2.26. The molecular formula is C17H16ClN3O. The van der Waals surface area contributed by atoms with E-state index in [2.05, 4.69) is 4.99 Å². The molecule has 1 aliphatic heterocycles. The number of anilines is 2. The van der Waals surface area contributed by atoms with Crippen LogP contribution in [0, 0.1) is 6.92 Å². The van der Waals surface area contributed by atoms with Crippen molar-refractivity contribution in [2.45, 2.75) is 6.92 Å². The van der Waals surface area contributed by atoms with E-state index in [4.69, 9.17) is 17.3 Å². The SMILES string of the molecule is Cc1ccc(C(=O)N2CCN=Cc3cc(N)ccc32)cc1Cl. The summed E-state index contributed by atoms with van der Waals surface area (Å²) < 4.78 is 0. The highest BCUT2D eigenvalue weighted by molar-refractivity contribution is 6.31. The quantitative estimate of drug-likeness (QED) is 0.821. The van der Waals surface area contributed by atoms with Crippen LogP contribution >= 0.6 is 11.6 Å². The van der Waals surface area contributed by atoms with Crippen molar-refractivity contribution in [1.29, 1.82) is 0 Å². The van der Waals surface area contributed by atoms with Crippen LogP contribution in [-0.2, 0) is 0 Å². The van der Waals surface area contributed by atoms with E-state index in [9.17, 15) is 4.79 Å². The predicted octanol–water partition coefficient (Wildman–Crippen LogP) is 3.31. The molecule has 22 heavy (non-hydrogen) atoms. The van der Waals surface area contributed by atoms with Crippen LogP contribution in [-0.4, -0.2) is 25.2 Å². The number of hydrogen-bond donors (Lipinski definition) is 1. The molecule has 0 bridgehead atoms. The van der Waals surface area contributed by atoms with E-state index in [1.807, 2.05) is 25.1 Å². The number of fused-ring (bicyclic) bond motifs is 1. The fraction of sp³-hybridized carbons (Fsp3) is 0.176. The van der Waals surface area contributed by atoms with Crippen molar-refractivity contribution in [2.24, 2.45) is 4.99 Å². The van der Waals surface area contributed by atoms with Crippen molar-refractivity contribution in [2.75, 3.05) is 23.7 Å². The molecule has 0 aromatic heterocycles. The van der Waals surface area contributed by atoms with Gasteiger partial charge in [-0.05, 0) is 42.8 Å². The third-order valence-electron chi connectivity index (χ3n) is 3.69. The van der Waals surface area contributed by atoms with E-state index in [1.54, 1.807) is 29.3 Å². The van der Waals surface area contributed by atoms with Crippen molar-refractivity contribution < 1.29 is 4.79 Å². The van der Waals surface area contributed by atoms with Gasteiger partial charge in [-0.25, -0.2) is 0 Å². The lowest BCUT2D eigenvalue weighted by Gasteiger charge is -2.23. The largest absolute Gasteiger partial charge is 0.399 e. The number of benzene rings is 2. The van der Waals surface area contributed by atoms with Crippen LogP contribution in [0.15, 0.2) is 41.4 Å². The van der Waals surface area contributed by atoms with Crippen LogP contribution in [0.4, 0.5) is 11.4 Å². The Kier molecular flexibility index (Phi) is 3.86. The van der Waals surface area contributed by atoms with Gasteiger partial charge in [-0.3, -0.25) is 9.79 Å². The van der Waals surface area contributed by atoms with E-state index < -0.39 is 0 Å². The number of nitrogen functional groups attached to an aromatic ring is 1. The summed E-state index contributed by atoms with van der Waals surface area (Å²) >= 11 is 6.14. The zero-order chi connectivity index (χ0) is 15.7. The molecule has 112 valence electrons. The minimum Gasteiger partial charge on any atom is -0.399 e. The molecule has 5 heteroatoms.